The number of amides is 1. The minimum atomic E-state index is -0.607. The summed E-state index contributed by atoms with van der Waals surface area (Å²) in [6, 6.07) is 17.0. The van der Waals surface area contributed by atoms with E-state index in [-0.39, 0.29) is 12.0 Å². The summed E-state index contributed by atoms with van der Waals surface area (Å²) in [7, 11) is 0. The van der Waals surface area contributed by atoms with Gasteiger partial charge in [0, 0.05) is 16.8 Å². The van der Waals surface area contributed by atoms with E-state index >= 15 is 0 Å². The molecule has 3 rings (SSSR count). The average molecular weight is 392 g/mol. The van der Waals surface area contributed by atoms with Crippen LogP contribution >= 0.6 is 0 Å². The highest BCUT2D eigenvalue weighted by molar-refractivity contribution is 5.84. The second-order valence-electron chi connectivity index (χ2n) is 6.28. The highest BCUT2D eigenvalue weighted by Crippen LogP contribution is 2.13. The lowest BCUT2D eigenvalue weighted by molar-refractivity contribution is -0.120. The molecule has 8 heteroatoms. The number of benzene rings is 2. The highest BCUT2D eigenvalue weighted by Gasteiger charge is 2.10. The summed E-state index contributed by atoms with van der Waals surface area (Å²) >= 11 is 0. The van der Waals surface area contributed by atoms with Crippen LogP contribution in [-0.2, 0) is 17.8 Å². The van der Waals surface area contributed by atoms with Crippen molar-refractivity contribution in [3.63, 3.8) is 0 Å². The SMILES string of the molecule is Cc1[nH]c(=O)[nH]c(=O)c1CC(=O)N/N=C\c1ccccc1COc1ccccc1. The molecule has 0 aliphatic carbocycles. The standard InChI is InChI=1S/C21H20N4O4/c1-14-18(20(27)24-21(28)23-14)11-19(26)25-22-12-15-7-5-6-8-16(15)13-29-17-9-3-2-4-10-17/h2-10,12H,11,13H2,1H3,(H,25,26)(H2,23,24,27,28)/b22-12-. The van der Waals surface area contributed by atoms with Crippen LogP contribution in [0.4, 0.5) is 0 Å². The Morgan fingerprint density at radius 1 is 1.07 bits per heavy atom. The van der Waals surface area contributed by atoms with Gasteiger partial charge in [-0.05, 0) is 24.6 Å². The third-order valence-corrected chi connectivity index (χ3v) is 4.18. The van der Waals surface area contributed by atoms with Gasteiger partial charge in [0.1, 0.15) is 12.4 Å². The zero-order chi connectivity index (χ0) is 20.6. The number of aromatic nitrogens is 2. The molecule has 0 aliphatic heterocycles. The van der Waals surface area contributed by atoms with Gasteiger partial charge in [0.15, 0.2) is 0 Å². The Kier molecular flexibility index (Phi) is 6.36. The summed E-state index contributed by atoms with van der Waals surface area (Å²) in [4.78, 5) is 39.7. The predicted octanol–water partition coefficient (Wildman–Crippen LogP) is 1.64. The van der Waals surface area contributed by atoms with Crippen LogP contribution in [0.1, 0.15) is 22.4 Å². The molecular formula is C21H20N4O4. The topological polar surface area (TPSA) is 116 Å². The van der Waals surface area contributed by atoms with Crippen LogP contribution in [0.2, 0.25) is 0 Å². The Labute approximate surface area is 166 Å². The summed E-state index contributed by atoms with van der Waals surface area (Å²) in [5, 5.41) is 3.97. The van der Waals surface area contributed by atoms with Crippen LogP contribution in [0.5, 0.6) is 5.75 Å². The number of aromatic amines is 2. The number of nitrogens with one attached hydrogen (secondary N) is 3. The molecule has 1 amide bonds. The number of carbonyl (C=O) groups excluding carboxylic acids is 1. The highest BCUT2D eigenvalue weighted by atomic mass is 16.5. The van der Waals surface area contributed by atoms with Crippen LogP contribution in [0.25, 0.3) is 0 Å². The van der Waals surface area contributed by atoms with Gasteiger partial charge in [0.2, 0.25) is 5.91 Å². The molecule has 1 heterocycles. The van der Waals surface area contributed by atoms with Crippen molar-refractivity contribution in [3.8, 4) is 5.75 Å². The van der Waals surface area contributed by atoms with Crippen LogP contribution in [0.15, 0.2) is 69.3 Å². The number of H-pyrrole nitrogens is 2. The van der Waals surface area contributed by atoms with Crippen molar-refractivity contribution in [2.24, 2.45) is 5.10 Å². The summed E-state index contributed by atoms with van der Waals surface area (Å²) in [6.07, 6.45) is 1.32. The Morgan fingerprint density at radius 3 is 2.55 bits per heavy atom. The summed E-state index contributed by atoms with van der Waals surface area (Å²) in [6.45, 7) is 1.91. The van der Waals surface area contributed by atoms with Crippen molar-refractivity contribution in [3.05, 3.63) is 97.8 Å². The Balaban J connectivity index is 1.62. The molecule has 2 aromatic carbocycles. The van der Waals surface area contributed by atoms with Gasteiger partial charge in [-0.25, -0.2) is 10.2 Å². The number of hydrogen-bond acceptors (Lipinski definition) is 5. The molecule has 0 atom stereocenters. The molecule has 0 saturated carbocycles. The first-order chi connectivity index (χ1) is 14.0. The molecule has 0 unspecified atom stereocenters. The van der Waals surface area contributed by atoms with E-state index in [1.807, 2.05) is 54.6 Å². The number of rotatable bonds is 7. The van der Waals surface area contributed by atoms with Crippen LogP contribution in [-0.4, -0.2) is 22.1 Å². The molecule has 148 valence electrons. The fraction of sp³-hybridized carbons (Fsp3) is 0.143. The average Bonchev–Trinajstić information content (AvgIpc) is 2.71. The van der Waals surface area contributed by atoms with E-state index in [0.717, 1.165) is 16.9 Å². The minimum Gasteiger partial charge on any atom is -0.489 e. The number of aryl methyl sites for hydroxylation is 1. The van der Waals surface area contributed by atoms with Gasteiger partial charge in [-0.2, -0.15) is 5.10 Å². The lowest BCUT2D eigenvalue weighted by atomic mass is 10.1. The maximum absolute atomic E-state index is 12.1. The Morgan fingerprint density at radius 2 is 1.79 bits per heavy atom. The molecular weight excluding hydrogens is 372 g/mol. The Bertz CT molecular complexity index is 1130. The van der Waals surface area contributed by atoms with Crippen molar-refractivity contribution in [2.75, 3.05) is 0 Å². The summed E-state index contributed by atoms with van der Waals surface area (Å²) in [5.41, 5.74) is 3.43. The molecule has 29 heavy (non-hydrogen) atoms. The third-order valence-electron chi connectivity index (χ3n) is 4.18. The zero-order valence-corrected chi connectivity index (χ0v) is 15.8. The van der Waals surface area contributed by atoms with Crippen molar-refractivity contribution in [2.45, 2.75) is 20.0 Å². The van der Waals surface area contributed by atoms with Gasteiger partial charge in [-0.15, -0.1) is 0 Å². The van der Waals surface area contributed by atoms with E-state index in [1.165, 1.54) is 6.21 Å². The first kappa shape index (κ1) is 19.8. The molecule has 0 radical (unpaired) electrons. The molecule has 3 N–H and O–H groups in total. The van der Waals surface area contributed by atoms with Gasteiger partial charge in [-0.3, -0.25) is 14.6 Å². The van der Waals surface area contributed by atoms with Gasteiger partial charge in [-0.1, -0.05) is 42.5 Å². The maximum Gasteiger partial charge on any atom is 0.325 e. The van der Waals surface area contributed by atoms with Crippen LogP contribution in [0, 0.1) is 6.92 Å². The maximum atomic E-state index is 12.1. The normalized spacial score (nSPS) is 10.8. The molecule has 0 bridgehead atoms. The van der Waals surface area contributed by atoms with Crippen molar-refractivity contribution >= 4 is 12.1 Å². The quantitative estimate of drug-likeness (QED) is 0.419. The zero-order valence-electron chi connectivity index (χ0n) is 15.8. The second-order valence-corrected chi connectivity index (χ2v) is 6.28. The number of carbonyl (C=O) groups is 1. The molecule has 0 saturated heterocycles. The largest absolute Gasteiger partial charge is 0.489 e. The molecule has 8 nitrogen and oxygen atoms in total. The van der Waals surface area contributed by atoms with Crippen molar-refractivity contribution in [1.82, 2.24) is 15.4 Å². The van der Waals surface area contributed by atoms with E-state index < -0.39 is 17.2 Å². The van der Waals surface area contributed by atoms with Gasteiger partial charge < -0.3 is 9.72 Å². The lowest BCUT2D eigenvalue weighted by Gasteiger charge is -2.08. The van der Waals surface area contributed by atoms with Crippen LogP contribution in [0.3, 0.4) is 0 Å². The molecule has 1 aromatic heterocycles. The van der Waals surface area contributed by atoms with Gasteiger partial charge in [0.05, 0.1) is 12.6 Å². The van der Waals surface area contributed by atoms with E-state index in [0.29, 0.717) is 12.3 Å². The molecule has 3 aromatic rings. The number of ether oxygens (including phenoxy) is 1. The molecule has 0 fully saturated rings. The minimum absolute atomic E-state index is 0.189. The molecule has 0 aliphatic rings. The van der Waals surface area contributed by atoms with Crippen LogP contribution < -0.4 is 21.4 Å². The van der Waals surface area contributed by atoms with Gasteiger partial charge >= 0.3 is 5.69 Å². The van der Waals surface area contributed by atoms with Crippen molar-refractivity contribution in [1.29, 1.82) is 0 Å². The van der Waals surface area contributed by atoms with E-state index in [2.05, 4.69) is 20.5 Å². The number of para-hydroxylation sites is 1. The number of nitrogens with zero attached hydrogens (tertiary/aromatic N) is 1. The first-order valence-electron chi connectivity index (χ1n) is 8.92. The fourth-order valence-corrected chi connectivity index (χ4v) is 2.68. The smallest absolute Gasteiger partial charge is 0.325 e. The van der Waals surface area contributed by atoms with E-state index in [9.17, 15) is 14.4 Å². The first-order valence-corrected chi connectivity index (χ1v) is 8.92. The summed E-state index contributed by atoms with van der Waals surface area (Å²) < 4.78 is 5.76. The summed E-state index contributed by atoms with van der Waals surface area (Å²) in [5.74, 6) is 0.286. The Hall–Kier alpha value is -3.94. The number of hydrogen-bond donors (Lipinski definition) is 3. The second kappa shape index (κ2) is 9.32. The molecule has 0 spiro atoms. The van der Waals surface area contributed by atoms with Crippen molar-refractivity contribution < 1.29 is 9.53 Å². The van der Waals surface area contributed by atoms with Gasteiger partial charge in [0.25, 0.3) is 5.56 Å². The fourth-order valence-electron chi connectivity index (χ4n) is 2.68. The lowest BCUT2D eigenvalue weighted by Crippen LogP contribution is -2.30. The predicted molar refractivity (Wildman–Crippen MR) is 109 cm³/mol. The number of hydrazone groups is 1. The van der Waals surface area contributed by atoms with E-state index in [1.54, 1.807) is 6.92 Å². The monoisotopic (exact) mass is 392 g/mol. The van der Waals surface area contributed by atoms with E-state index in [4.69, 9.17) is 4.74 Å². The third kappa shape index (κ3) is 5.52.